The van der Waals surface area contributed by atoms with E-state index < -0.39 is 17.6 Å². The van der Waals surface area contributed by atoms with Gasteiger partial charge >= 0.3 is 11.8 Å². The van der Waals surface area contributed by atoms with Gasteiger partial charge in [-0.1, -0.05) is 28.1 Å². The van der Waals surface area contributed by atoms with Crippen LogP contribution in [0.4, 0.5) is 10.1 Å². The number of nitrogens with zero attached hydrogens (tertiary/aromatic N) is 2. The van der Waals surface area contributed by atoms with Crippen LogP contribution in [0.25, 0.3) is 10.9 Å². The molecule has 0 radical (unpaired) electrons. The third-order valence-corrected chi connectivity index (χ3v) is 7.89. The first-order valence-electron chi connectivity index (χ1n) is 14.0. The number of rotatable bonds is 10. The Morgan fingerprint density at radius 3 is 2.49 bits per heavy atom. The Labute approximate surface area is 257 Å². The number of ether oxygens (including phenoxy) is 3. The Kier molecular flexibility index (Phi) is 9.73. The number of nitrogens with one attached hydrogen (secondary N) is 1. The Balaban J connectivity index is 1.36. The average molecular weight is 652 g/mol. The molecule has 1 aliphatic heterocycles. The number of carbonyl (C=O) groups excluding carboxylic acids is 2. The number of carbonyl (C=O) groups is 2. The average Bonchev–Trinajstić information content (AvgIpc) is 3.02. The fourth-order valence-corrected chi connectivity index (χ4v) is 5.24. The van der Waals surface area contributed by atoms with Crippen LogP contribution in [0.1, 0.15) is 18.4 Å². The van der Waals surface area contributed by atoms with E-state index in [4.69, 9.17) is 19.9 Å². The molecule has 2 heterocycles. The number of aromatic nitrogens is 1. The zero-order chi connectivity index (χ0) is 30.3. The fraction of sp³-hybridized carbons (Fsp3) is 0.281. The summed E-state index contributed by atoms with van der Waals surface area (Å²) in [6, 6.07) is 16.8. The maximum Gasteiger partial charge on any atom is 0.316 e. The lowest BCUT2D eigenvalue weighted by Gasteiger charge is -2.23. The molecule has 3 N–H and O–H groups in total. The van der Waals surface area contributed by atoms with Gasteiger partial charge < -0.3 is 30.2 Å². The molecule has 0 atom stereocenters. The van der Waals surface area contributed by atoms with E-state index in [1.807, 2.05) is 24.3 Å². The normalized spacial score (nSPS) is 13.5. The van der Waals surface area contributed by atoms with Gasteiger partial charge in [0.05, 0.1) is 19.2 Å². The summed E-state index contributed by atoms with van der Waals surface area (Å²) in [5.74, 6) is -0.936. The molecular weight excluding hydrogens is 619 g/mol. The van der Waals surface area contributed by atoms with Gasteiger partial charge in [-0.3, -0.25) is 14.6 Å². The van der Waals surface area contributed by atoms with Gasteiger partial charge in [0.1, 0.15) is 5.75 Å². The van der Waals surface area contributed by atoms with E-state index in [0.29, 0.717) is 47.1 Å². The number of amides is 2. The molecular formula is C32H32BrFN4O5. The molecule has 0 spiro atoms. The summed E-state index contributed by atoms with van der Waals surface area (Å²) in [4.78, 5) is 30.0. The van der Waals surface area contributed by atoms with Crippen LogP contribution in [-0.2, 0) is 16.0 Å². The first-order valence-corrected chi connectivity index (χ1v) is 14.7. The highest BCUT2D eigenvalue weighted by atomic mass is 79.9. The monoisotopic (exact) mass is 650 g/mol. The second-order valence-electron chi connectivity index (χ2n) is 10.2. The summed E-state index contributed by atoms with van der Waals surface area (Å²) in [6.07, 6.45) is 4.11. The predicted octanol–water partition coefficient (Wildman–Crippen LogP) is 5.38. The number of primary amides is 1. The molecule has 3 aromatic carbocycles. The lowest BCUT2D eigenvalue weighted by atomic mass is 9.99. The highest BCUT2D eigenvalue weighted by Gasteiger charge is 2.23. The van der Waals surface area contributed by atoms with Gasteiger partial charge in [0.15, 0.2) is 23.1 Å². The first kappa shape index (κ1) is 30.2. The van der Waals surface area contributed by atoms with Gasteiger partial charge in [-0.25, -0.2) is 4.39 Å². The summed E-state index contributed by atoms with van der Waals surface area (Å²) >= 11 is 3.39. The van der Waals surface area contributed by atoms with E-state index in [1.54, 1.807) is 31.5 Å². The van der Waals surface area contributed by atoms with Crippen LogP contribution in [0.15, 0.2) is 71.3 Å². The van der Waals surface area contributed by atoms with Crippen LogP contribution in [-0.4, -0.2) is 50.1 Å². The molecule has 9 nitrogen and oxygen atoms in total. The van der Waals surface area contributed by atoms with Crippen LogP contribution in [0.3, 0.4) is 0 Å². The molecule has 2 amide bonds. The molecule has 5 rings (SSSR count). The van der Waals surface area contributed by atoms with E-state index >= 15 is 4.39 Å². The summed E-state index contributed by atoms with van der Waals surface area (Å²) < 4.78 is 34.0. The van der Waals surface area contributed by atoms with Gasteiger partial charge in [0, 0.05) is 40.4 Å². The molecule has 1 fully saturated rings. The van der Waals surface area contributed by atoms with Crippen molar-refractivity contribution in [3.8, 4) is 23.0 Å². The Morgan fingerprint density at radius 1 is 1.02 bits per heavy atom. The van der Waals surface area contributed by atoms with Crippen LogP contribution in [0.5, 0.6) is 23.0 Å². The molecule has 1 aromatic heterocycles. The van der Waals surface area contributed by atoms with E-state index in [9.17, 15) is 9.59 Å². The number of fused-ring (bicyclic) bond motifs is 1. The number of pyridine rings is 1. The van der Waals surface area contributed by atoms with E-state index in [2.05, 4.69) is 26.2 Å². The molecule has 0 bridgehead atoms. The van der Waals surface area contributed by atoms with Gasteiger partial charge in [-0.2, -0.15) is 0 Å². The molecule has 224 valence electrons. The van der Waals surface area contributed by atoms with Crippen LogP contribution < -0.4 is 30.2 Å². The van der Waals surface area contributed by atoms with Crippen molar-refractivity contribution in [1.29, 1.82) is 0 Å². The van der Waals surface area contributed by atoms with Crippen molar-refractivity contribution in [3.05, 3.63) is 82.7 Å². The minimum atomic E-state index is -1.13. The van der Waals surface area contributed by atoms with Gasteiger partial charge in [-0.05, 0) is 80.2 Å². The second kappa shape index (κ2) is 13.8. The van der Waals surface area contributed by atoms with Crippen LogP contribution in [0, 0.1) is 11.7 Å². The number of piperidine rings is 1. The summed E-state index contributed by atoms with van der Waals surface area (Å²) in [5, 5.41) is 3.96. The number of halogens is 2. The third kappa shape index (κ3) is 7.41. The Hall–Kier alpha value is -4.22. The topological polar surface area (TPSA) is 116 Å². The molecule has 0 saturated carbocycles. The van der Waals surface area contributed by atoms with Crippen molar-refractivity contribution in [2.75, 3.05) is 38.3 Å². The highest BCUT2D eigenvalue weighted by Crippen LogP contribution is 2.38. The van der Waals surface area contributed by atoms with E-state index in [-0.39, 0.29) is 18.0 Å². The maximum absolute atomic E-state index is 15.4. The minimum Gasteiger partial charge on any atom is -0.493 e. The molecule has 4 aromatic rings. The third-order valence-electron chi connectivity index (χ3n) is 7.36. The smallest absolute Gasteiger partial charge is 0.316 e. The van der Waals surface area contributed by atoms with Gasteiger partial charge in [-0.15, -0.1) is 0 Å². The predicted molar refractivity (Wildman–Crippen MR) is 165 cm³/mol. The molecule has 0 unspecified atom stereocenters. The van der Waals surface area contributed by atoms with Crippen molar-refractivity contribution in [2.45, 2.75) is 19.3 Å². The van der Waals surface area contributed by atoms with Crippen molar-refractivity contribution >= 4 is 44.3 Å². The van der Waals surface area contributed by atoms with E-state index in [0.717, 1.165) is 46.9 Å². The minimum absolute atomic E-state index is 0.0687. The number of hydrogen-bond acceptors (Lipinski definition) is 7. The Bertz CT molecular complexity index is 1610. The summed E-state index contributed by atoms with van der Waals surface area (Å²) in [7, 11) is 1.56. The number of nitrogens with two attached hydrogens (primary N) is 1. The molecule has 43 heavy (non-hydrogen) atoms. The maximum atomic E-state index is 15.4. The summed E-state index contributed by atoms with van der Waals surface area (Å²) in [6.45, 7) is 2.66. The van der Waals surface area contributed by atoms with Crippen molar-refractivity contribution in [1.82, 2.24) is 10.3 Å². The zero-order valence-corrected chi connectivity index (χ0v) is 25.2. The first-order chi connectivity index (χ1) is 20.8. The Morgan fingerprint density at radius 2 is 1.79 bits per heavy atom. The SMILES string of the molecule is COc1cc2c(Oc3ccc(N(CCc4ccc(Br)cc4)C(=O)C(N)=O)cc3F)ccnc2cc1OCC1CCNCC1. The molecule has 11 heteroatoms. The van der Waals surface area contributed by atoms with Crippen LogP contribution in [0.2, 0.25) is 0 Å². The van der Waals surface area contributed by atoms with Crippen molar-refractivity contribution in [3.63, 3.8) is 0 Å². The standard InChI is InChI=1S/C32H32BrFN4O5/c1-41-29-17-24-26(18-30(29)42-19-21-8-12-36-13-9-21)37-14-10-27(24)43-28-7-6-23(16-25(28)34)38(32(40)31(35)39)15-11-20-2-4-22(33)5-3-20/h2-7,10,14,16-18,21,36H,8-9,11-13,15,19H2,1H3,(H2,35,39). The number of hydrogen-bond donors (Lipinski definition) is 2. The van der Waals surface area contributed by atoms with Crippen LogP contribution >= 0.6 is 15.9 Å². The lowest BCUT2D eigenvalue weighted by molar-refractivity contribution is -0.135. The number of benzene rings is 3. The zero-order valence-electron chi connectivity index (χ0n) is 23.6. The van der Waals surface area contributed by atoms with Gasteiger partial charge in [0.2, 0.25) is 0 Å². The summed E-state index contributed by atoms with van der Waals surface area (Å²) in [5.41, 5.74) is 7.01. The fourth-order valence-electron chi connectivity index (χ4n) is 4.98. The largest absolute Gasteiger partial charge is 0.493 e. The quantitative estimate of drug-likeness (QED) is 0.222. The molecule has 1 saturated heterocycles. The van der Waals surface area contributed by atoms with Gasteiger partial charge in [0.25, 0.3) is 0 Å². The number of anilines is 1. The van der Waals surface area contributed by atoms with Crippen molar-refractivity contribution < 1.29 is 28.2 Å². The molecule has 1 aliphatic rings. The molecule has 0 aliphatic carbocycles. The second-order valence-corrected chi connectivity index (χ2v) is 11.2. The number of methoxy groups -OCH3 is 1. The highest BCUT2D eigenvalue weighted by molar-refractivity contribution is 9.10. The van der Waals surface area contributed by atoms with E-state index in [1.165, 1.54) is 12.1 Å². The van der Waals surface area contributed by atoms with Crippen molar-refractivity contribution in [2.24, 2.45) is 11.7 Å². The lowest BCUT2D eigenvalue weighted by Crippen LogP contribution is -2.41.